The van der Waals surface area contributed by atoms with Crippen LogP contribution < -0.4 is 16.0 Å². The molecule has 6 heteroatoms. The summed E-state index contributed by atoms with van der Waals surface area (Å²) in [5.41, 5.74) is 1.57. The third kappa shape index (κ3) is 1.69. The molecule has 1 aliphatic heterocycles. The molecule has 3 rings (SSSR count). The Morgan fingerprint density at radius 1 is 1.33 bits per heavy atom. The molecule has 0 amide bonds. The first-order valence-corrected chi connectivity index (χ1v) is 5.84. The van der Waals surface area contributed by atoms with Crippen LogP contribution in [0.15, 0.2) is 21.3 Å². The van der Waals surface area contributed by atoms with Gasteiger partial charge in [-0.2, -0.15) is 0 Å². The SMILES string of the molecule is Cn1c(=O)oc2c(N3CC[N]CC3)cc(F)cc21. The van der Waals surface area contributed by atoms with Crippen LogP contribution >= 0.6 is 0 Å². The lowest BCUT2D eigenvalue weighted by atomic mass is 10.2. The first-order valence-electron chi connectivity index (χ1n) is 5.84. The Kier molecular flexibility index (Phi) is 2.59. The molecule has 0 N–H and O–H groups in total. The van der Waals surface area contributed by atoms with Gasteiger partial charge in [-0.05, 0) is 0 Å². The number of hydrogen-bond acceptors (Lipinski definition) is 3. The summed E-state index contributed by atoms with van der Waals surface area (Å²) in [4.78, 5) is 13.5. The summed E-state index contributed by atoms with van der Waals surface area (Å²) in [7, 11) is 1.57. The van der Waals surface area contributed by atoms with Crippen molar-refractivity contribution in [1.82, 2.24) is 9.88 Å². The molecule has 0 spiro atoms. The highest BCUT2D eigenvalue weighted by atomic mass is 19.1. The molecular formula is C12H13FN3O2. The summed E-state index contributed by atoms with van der Waals surface area (Å²) in [6, 6.07) is 2.73. The molecule has 0 bridgehead atoms. The molecule has 95 valence electrons. The van der Waals surface area contributed by atoms with Crippen LogP contribution in [0.5, 0.6) is 0 Å². The van der Waals surface area contributed by atoms with Crippen molar-refractivity contribution < 1.29 is 8.81 Å². The number of oxazole rings is 1. The van der Waals surface area contributed by atoms with E-state index in [0.29, 0.717) is 16.8 Å². The molecule has 2 aromatic rings. The van der Waals surface area contributed by atoms with E-state index in [-0.39, 0.29) is 5.82 Å². The Labute approximate surface area is 103 Å². The summed E-state index contributed by atoms with van der Waals surface area (Å²) in [5, 5.41) is 4.25. The van der Waals surface area contributed by atoms with Crippen molar-refractivity contribution in [3.05, 3.63) is 28.5 Å². The van der Waals surface area contributed by atoms with Crippen LogP contribution in [0.3, 0.4) is 0 Å². The second-order valence-corrected chi connectivity index (χ2v) is 4.36. The van der Waals surface area contributed by atoms with Gasteiger partial charge in [0, 0.05) is 45.4 Å². The molecular weight excluding hydrogens is 237 g/mol. The maximum Gasteiger partial charge on any atom is 0.419 e. The van der Waals surface area contributed by atoms with Gasteiger partial charge in [0.1, 0.15) is 5.82 Å². The molecule has 0 aliphatic carbocycles. The highest BCUT2D eigenvalue weighted by molar-refractivity contribution is 5.87. The third-order valence-electron chi connectivity index (χ3n) is 3.24. The number of piperazine rings is 1. The van der Waals surface area contributed by atoms with Crippen LogP contribution in [-0.4, -0.2) is 30.7 Å². The normalized spacial score (nSPS) is 16.4. The van der Waals surface area contributed by atoms with E-state index in [1.165, 1.54) is 16.7 Å². The van der Waals surface area contributed by atoms with Crippen molar-refractivity contribution in [2.24, 2.45) is 7.05 Å². The molecule has 0 atom stereocenters. The van der Waals surface area contributed by atoms with E-state index >= 15 is 0 Å². The fraction of sp³-hybridized carbons (Fsp3) is 0.417. The van der Waals surface area contributed by atoms with Gasteiger partial charge < -0.3 is 9.32 Å². The van der Waals surface area contributed by atoms with E-state index in [1.807, 2.05) is 4.90 Å². The second kappa shape index (κ2) is 4.13. The largest absolute Gasteiger partial charge is 0.419 e. The number of aromatic nitrogens is 1. The molecule has 2 heterocycles. The number of hydrogen-bond donors (Lipinski definition) is 0. The molecule has 1 aliphatic rings. The fourth-order valence-electron chi connectivity index (χ4n) is 2.26. The minimum absolute atomic E-state index is 0.364. The quantitative estimate of drug-likeness (QED) is 0.748. The topological polar surface area (TPSA) is 52.5 Å². The van der Waals surface area contributed by atoms with Crippen molar-refractivity contribution in [2.45, 2.75) is 0 Å². The van der Waals surface area contributed by atoms with Crippen LogP contribution in [0.1, 0.15) is 0 Å². The number of benzene rings is 1. The van der Waals surface area contributed by atoms with Crippen molar-refractivity contribution in [2.75, 3.05) is 31.1 Å². The molecule has 18 heavy (non-hydrogen) atoms. The van der Waals surface area contributed by atoms with Gasteiger partial charge in [0.15, 0.2) is 5.58 Å². The number of fused-ring (bicyclic) bond motifs is 1. The van der Waals surface area contributed by atoms with Gasteiger partial charge in [0.25, 0.3) is 0 Å². The Morgan fingerprint density at radius 2 is 2.06 bits per heavy atom. The Balaban J connectivity index is 2.21. The van der Waals surface area contributed by atoms with Gasteiger partial charge >= 0.3 is 5.76 Å². The predicted octanol–water partition coefficient (Wildman–Crippen LogP) is 0.695. The minimum Gasteiger partial charge on any atom is -0.405 e. The number of anilines is 1. The monoisotopic (exact) mass is 250 g/mol. The molecule has 0 saturated carbocycles. The van der Waals surface area contributed by atoms with Gasteiger partial charge in [-0.15, -0.1) is 0 Å². The van der Waals surface area contributed by atoms with E-state index in [2.05, 4.69) is 5.32 Å². The summed E-state index contributed by atoms with van der Waals surface area (Å²) in [6.07, 6.45) is 0. The van der Waals surface area contributed by atoms with Gasteiger partial charge in [0.05, 0.1) is 11.2 Å². The highest BCUT2D eigenvalue weighted by Crippen LogP contribution is 2.27. The lowest BCUT2D eigenvalue weighted by Crippen LogP contribution is -2.40. The molecule has 1 aromatic carbocycles. The Bertz CT molecular complexity index is 641. The average molecular weight is 250 g/mol. The zero-order chi connectivity index (χ0) is 12.7. The summed E-state index contributed by atoms with van der Waals surface area (Å²) >= 11 is 0. The molecule has 0 unspecified atom stereocenters. The molecule has 1 fully saturated rings. The maximum absolute atomic E-state index is 13.6. The van der Waals surface area contributed by atoms with Crippen LogP contribution in [0.2, 0.25) is 0 Å². The number of rotatable bonds is 1. The molecule has 1 saturated heterocycles. The molecule has 1 aromatic heterocycles. The molecule has 1 radical (unpaired) electrons. The van der Waals surface area contributed by atoms with Gasteiger partial charge in [-0.1, -0.05) is 0 Å². The van der Waals surface area contributed by atoms with Crippen molar-refractivity contribution in [3.8, 4) is 0 Å². The summed E-state index contributed by atoms with van der Waals surface area (Å²) in [5.74, 6) is -0.838. The number of halogens is 1. The maximum atomic E-state index is 13.6. The van der Waals surface area contributed by atoms with Crippen LogP contribution in [0.25, 0.3) is 11.1 Å². The summed E-state index contributed by atoms with van der Waals surface area (Å²) < 4.78 is 20.2. The minimum atomic E-state index is -0.474. The zero-order valence-electron chi connectivity index (χ0n) is 10.0. The van der Waals surface area contributed by atoms with Gasteiger partial charge in [-0.25, -0.2) is 14.5 Å². The fourth-order valence-corrected chi connectivity index (χ4v) is 2.26. The zero-order valence-corrected chi connectivity index (χ0v) is 10.0. The lowest BCUT2D eigenvalue weighted by molar-refractivity contribution is 0.523. The van der Waals surface area contributed by atoms with Crippen molar-refractivity contribution in [1.29, 1.82) is 0 Å². The third-order valence-corrected chi connectivity index (χ3v) is 3.24. The average Bonchev–Trinajstić information content (AvgIpc) is 2.66. The standard InChI is InChI=1S/C12H13FN3O2/c1-15-9-6-8(13)7-10(11(9)18-12(15)17)16-4-2-14-3-5-16/h6-7H,2-5H2,1H3. The van der Waals surface area contributed by atoms with Crippen LogP contribution in [0.4, 0.5) is 10.1 Å². The second-order valence-electron chi connectivity index (χ2n) is 4.36. The first-order chi connectivity index (χ1) is 8.66. The van der Waals surface area contributed by atoms with Gasteiger partial charge in [0.2, 0.25) is 0 Å². The number of aryl methyl sites for hydroxylation is 1. The number of nitrogens with zero attached hydrogens (tertiary/aromatic N) is 3. The lowest BCUT2D eigenvalue weighted by Gasteiger charge is -2.28. The summed E-state index contributed by atoms with van der Waals surface area (Å²) in [6.45, 7) is 2.87. The Hall–Kier alpha value is -1.82. The van der Waals surface area contributed by atoms with Crippen LogP contribution in [0, 0.1) is 5.82 Å². The van der Waals surface area contributed by atoms with Crippen molar-refractivity contribution >= 4 is 16.8 Å². The van der Waals surface area contributed by atoms with Crippen LogP contribution in [-0.2, 0) is 7.05 Å². The Morgan fingerprint density at radius 3 is 2.78 bits per heavy atom. The highest BCUT2D eigenvalue weighted by Gasteiger charge is 2.19. The predicted molar refractivity (Wildman–Crippen MR) is 65.5 cm³/mol. The van der Waals surface area contributed by atoms with E-state index in [1.54, 1.807) is 7.05 Å². The smallest absolute Gasteiger partial charge is 0.405 e. The van der Waals surface area contributed by atoms with E-state index in [0.717, 1.165) is 26.2 Å². The van der Waals surface area contributed by atoms with E-state index < -0.39 is 5.76 Å². The first kappa shape index (κ1) is 11.3. The van der Waals surface area contributed by atoms with Crippen molar-refractivity contribution in [3.63, 3.8) is 0 Å². The molecule has 5 nitrogen and oxygen atoms in total. The van der Waals surface area contributed by atoms with E-state index in [9.17, 15) is 9.18 Å². The van der Waals surface area contributed by atoms with Gasteiger partial charge in [-0.3, -0.25) is 4.57 Å². The van der Waals surface area contributed by atoms with E-state index in [4.69, 9.17) is 4.42 Å².